The first-order valence-electron chi connectivity index (χ1n) is 6.48. The number of hydrogen-bond donors (Lipinski definition) is 2. The predicted molar refractivity (Wildman–Crippen MR) is 79.0 cm³/mol. The fourth-order valence-electron chi connectivity index (χ4n) is 2.01. The quantitative estimate of drug-likeness (QED) is 0.667. The molecule has 0 fully saturated rings. The molecule has 106 valence electrons. The summed E-state index contributed by atoms with van der Waals surface area (Å²) in [6, 6.07) is 7.24. The Kier molecular flexibility index (Phi) is 3.51. The zero-order valence-corrected chi connectivity index (χ0v) is 11.1. The molecule has 3 rings (SSSR count). The van der Waals surface area contributed by atoms with Crippen LogP contribution in [0, 0.1) is 0 Å². The smallest absolute Gasteiger partial charge is 0.253 e. The van der Waals surface area contributed by atoms with Gasteiger partial charge in [0.1, 0.15) is 17.1 Å². The fraction of sp³-hybridized carbons (Fsp3) is 0.133. The molecule has 0 aliphatic carbocycles. The van der Waals surface area contributed by atoms with Crippen molar-refractivity contribution in [2.24, 2.45) is 0 Å². The lowest BCUT2D eigenvalue weighted by atomic mass is 10.1. The van der Waals surface area contributed by atoms with E-state index in [2.05, 4.69) is 15.6 Å². The summed E-state index contributed by atoms with van der Waals surface area (Å²) in [4.78, 5) is 27.1. The summed E-state index contributed by atoms with van der Waals surface area (Å²) >= 11 is 0. The minimum Gasteiger partial charge on any atom is -0.467 e. The van der Waals surface area contributed by atoms with Crippen molar-refractivity contribution < 1.29 is 4.42 Å². The highest BCUT2D eigenvalue weighted by molar-refractivity contribution is 5.73. The van der Waals surface area contributed by atoms with Crippen LogP contribution in [0.3, 0.4) is 0 Å². The highest BCUT2D eigenvalue weighted by Crippen LogP contribution is 2.16. The van der Waals surface area contributed by atoms with Gasteiger partial charge < -0.3 is 15.1 Å². The van der Waals surface area contributed by atoms with E-state index in [1.54, 1.807) is 30.8 Å². The minimum atomic E-state index is -0.501. The summed E-state index contributed by atoms with van der Waals surface area (Å²) in [5.74, 6) is 0.697. The summed E-state index contributed by atoms with van der Waals surface area (Å²) in [7, 11) is 0. The molecule has 6 nitrogen and oxygen atoms in total. The zero-order chi connectivity index (χ0) is 14.7. The number of nitrogens with zero attached hydrogens (tertiary/aromatic N) is 1. The molecule has 1 aromatic carbocycles. The Morgan fingerprint density at radius 2 is 1.62 bits per heavy atom. The highest BCUT2D eigenvalue weighted by atomic mass is 16.3. The van der Waals surface area contributed by atoms with E-state index >= 15 is 0 Å². The van der Waals surface area contributed by atoms with E-state index in [1.165, 1.54) is 0 Å². The Balaban J connectivity index is 1.67. The van der Waals surface area contributed by atoms with Crippen LogP contribution in [-0.4, -0.2) is 4.98 Å². The van der Waals surface area contributed by atoms with Crippen molar-refractivity contribution >= 4 is 11.4 Å². The molecule has 0 unspecified atom stereocenters. The Morgan fingerprint density at radius 3 is 2.24 bits per heavy atom. The molecule has 0 bridgehead atoms. The van der Waals surface area contributed by atoms with E-state index in [0.29, 0.717) is 30.2 Å². The van der Waals surface area contributed by atoms with Gasteiger partial charge in [-0.25, -0.2) is 0 Å². The van der Waals surface area contributed by atoms with Gasteiger partial charge in [-0.1, -0.05) is 0 Å². The monoisotopic (exact) mass is 283 g/mol. The predicted octanol–water partition coefficient (Wildman–Crippen LogP) is 1.49. The van der Waals surface area contributed by atoms with Crippen LogP contribution in [0.4, 0.5) is 11.4 Å². The number of furan rings is 1. The van der Waals surface area contributed by atoms with E-state index in [1.807, 2.05) is 12.1 Å². The van der Waals surface area contributed by atoms with Gasteiger partial charge in [-0.2, -0.15) is 0 Å². The Labute approximate surface area is 120 Å². The maximum absolute atomic E-state index is 11.6. The van der Waals surface area contributed by atoms with Gasteiger partial charge >= 0.3 is 0 Å². The third-order valence-electron chi connectivity index (χ3n) is 3.15. The van der Waals surface area contributed by atoms with Crippen molar-refractivity contribution in [1.82, 2.24) is 4.98 Å². The molecule has 0 radical (unpaired) electrons. The van der Waals surface area contributed by atoms with Gasteiger partial charge in [-0.3, -0.25) is 14.6 Å². The van der Waals surface area contributed by atoms with Crippen molar-refractivity contribution in [3.05, 3.63) is 74.7 Å². The van der Waals surface area contributed by atoms with E-state index < -0.39 is 10.9 Å². The molecular weight excluding hydrogens is 270 g/mol. The maximum atomic E-state index is 11.6. The molecule has 0 saturated carbocycles. The third-order valence-corrected chi connectivity index (χ3v) is 3.15. The van der Waals surface area contributed by atoms with Crippen molar-refractivity contribution in [1.29, 1.82) is 0 Å². The third kappa shape index (κ3) is 2.69. The molecule has 6 heteroatoms. The van der Waals surface area contributed by atoms with Gasteiger partial charge in [-0.15, -0.1) is 0 Å². The molecule has 0 saturated heterocycles. The van der Waals surface area contributed by atoms with Crippen LogP contribution < -0.4 is 21.5 Å². The van der Waals surface area contributed by atoms with Crippen molar-refractivity contribution in [2.45, 2.75) is 13.1 Å². The number of rotatable bonds is 6. The molecule has 0 aliphatic heterocycles. The maximum Gasteiger partial charge on any atom is 0.253 e. The summed E-state index contributed by atoms with van der Waals surface area (Å²) in [6.07, 6.45) is 4.91. The molecule has 2 aromatic heterocycles. The molecule has 0 atom stereocenters. The van der Waals surface area contributed by atoms with E-state index in [9.17, 15) is 9.59 Å². The van der Waals surface area contributed by atoms with Gasteiger partial charge in [0.15, 0.2) is 0 Å². The largest absolute Gasteiger partial charge is 0.467 e. The highest BCUT2D eigenvalue weighted by Gasteiger charge is 2.20. The molecule has 2 N–H and O–H groups in total. The number of hydrogen-bond acceptors (Lipinski definition) is 6. The van der Waals surface area contributed by atoms with Gasteiger partial charge in [0.25, 0.3) is 10.9 Å². The molecule has 0 amide bonds. The average molecular weight is 283 g/mol. The summed E-state index contributed by atoms with van der Waals surface area (Å²) in [6.45, 7) is 0.824. The number of nitrogens with one attached hydrogen (secondary N) is 2. The molecule has 2 heterocycles. The molecule has 0 spiro atoms. The van der Waals surface area contributed by atoms with E-state index in [-0.39, 0.29) is 0 Å². The van der Waals surface area contributed by atoms with E-state index in [4.69, 9.17) is 4.42 Å². The zero-order valence-electron chi connectivity index (χ0n) is 11.1. The van der Waals surface area contributed by atoms with Crippen LogP contribution in [-0.2, 0) is 13.1 Å². The summed E-state index contributed by atoms with van der Waals surface area (Å²) in [5.41, 5.74) is 0.619. The standard InChI is InChI=1S/C15H13N3O3/c19-14-12(17-8-10-3-5-16-6-4-10)13(15(14)20)18-9-11-2-1-7-21-11/h1-7,17-18H,8-9H2. The van der Waals surface area contributed by atoms with Gasteiger partial charge in [-0.05, 0) is 29.8 Å². The topological polar surface area (TPSA) is 84.2 Å². The first-order valence-corrected chi connectivity index (χ1v) is 6.48. The second-order valence-corrected chi connectivity index (χ2v) is 4.55. The van der Waals surface area contributed by atoms with Crippen molar-refractivity contribution in [2.75, 3.05) is 10.6 Å². The van der Waals surface area contributed by atoms with Gasteiger partial charge in [0.2, 0.25) is 0 Å². The Morgan fingerprint density at radius 1 is 0.952 bits per heavy atom. The molecule has 3 aromatic rings. The van der Waals surface area contributed by atoms with Crippen LogP contribution in [0.2, 0.25) is 0 Å². The Hall–Kier alpha value is -2.89. The van der Waals surface area contributed by atoms with Gasteiger partial charge in [0.05, 0.1) is 12.8 Å². The lowest BCUT2D eigenvalue weighted by molar-refractivity contribution is 0.518. The second kappa shape index (κ2) is 5.62. The van der Waals surface area contributed by atoms with Crippen LogP contribution in [0.5, 0.6) is 0 Å². The normalized spacial score (nSPS) is 10.7. The van der Waals surface area contributed by atoms with Crippen LogP contribution in [0.1, 0.15) is 11.3 Å². The Bertz CT molecular complexity index is 787. The second-order valence-electron chi connectivity index (χ2n) is 4.55. The molecule has 0 aliphatic rings. The first-order chi connectivity index (χ1) is 10.3. The van der Waals surface area contributed by atoms with Crippen molar-refractivity contribution in [3.63, 3.8) is 0 Å². The lowest BCUT2D eigenvalue weighted by Crippen LogP contribution is -2.37. The molecule has 21 heavy (non-hydrogen) atoms. The van der Waals surface area contributed by atoms with Crippen LogP contribution >= 0.6 is 0 Å². The number of pyridine rings is 1. The van der Waals surface area contributed by atoms with Crippen molar-refractivity contribution in [3.8, 4) is 0 Å². The fourth-order valence-corrected chi connectivity index (χ4v) is 2.01. The summed E-state index contributed by atoms with van der Waals surface area (Å²) < 4.78 is 5.17. The van der Waals surface area contributed by atoms with Gasteiger partial charge in [0, 0.05) is 18.9 Å². The average Bonchev–Trinajstić information content (AvgIpc) is 3.04. The minimum absolute atomic E-state index is 0.311. The van der Waals surface area contributed by atoms with Crippen LogP contribution in [0.25, 0.3) is 0 Å². The van der Waals surface area contributed by atoms with Crippen LogP contribution in [0.15, 0.2) is 56.9 Å². The number of aromatic nitrogens is 1. The SMILES string of the molecule is O=c1c(NCc2ccncc2)c(NCc2ccco2)c1=O. The molecular formula is C15H13N3O3. The first kappa shape index (κ1) is 13.1. The van der Waals surface area contributed by atoms with E-state index in [0.717, 1.165) is 5.56 Å². The summed E-state index contributed by atoms with van der Waals surface area (Å²) in [5, 5.41) is 5.91. The lowest BCUT2D eigenvalue weighted by Gasteiger charge is -2.14. The number of anilines is 2.